The van der Waals surface area contributed by atoms with Crippen LogP contribution in [0.3, 0.4) is 0 Å². The highest BCUT2D eigenvalue weighted by atomic mass is 35.7. The van der Waals surface area contributed by atoms with E-state index in [1.807, 2.05) is 0 Å². The maximum Gasteiger partial charge on any atom is 0.261 e. The first-order valence-corrected chi connectivity index (χ1v) is 6.28. The highest BCUT2D eigenvalue weighted by Crippen LogP contribution is 2.17. The molecule has 0 spiro atoms. The van der Waals surface area contributed by atoms with E-state index in [2.05, 4.69) is 10.2 Å². The second-order valence-corrected chi connectivity index (χ2v) is 5.37. The summed E-state index contributed by atoms with van der Waals surface area (Å²) in [6.07, 6.45) is 2.94. The molecule has 0 aliphatic carbocycles. The number of hydrogen-bond acceptors (Lipinski definition) is 4. The molecule has 0 atom stereocenters. The molecule has 78 valence electrons. The van der Waals surface area contributed by atoms with Gasteiger partial charge in [0.25, 0.3) is 9.05 Å². The highest BCUT2D eigenvalue weighted by molar-refractivity contribution is 8.13. The molecule has 7 heteroatoms. The number of rotatable bonds is 2. The van der Waals surface area contributed by atoms with E-state index >= 15 is 0 Å². The number of benzene rings is 1. The maximum absolute atomic E-state index is 11.1. The van der Waals surface area contributed by atoms with Crippen LogP contribution in [0.25, 0.3) is 5.69 Å². The minimum Gasteiger partial charge on any atom is -0.288 e. The van der Waals surface area contributed by atoms with Crippen LogP contribution in [0.5, 0.6) is 0 Å². The first-order chi connectivity index (χ1) is 7.07. The van der Waals surface area contributed by atoms with E-state index in [4.69, 9.17) is 10.7 Å². The average molecular weight is 244 g/mol. The summed E-state index contributed by atoms with van der Waals surface area (Å²) in [5.41, 5.74) is 0.640. The van der Waals surface area contributed by atoms with Gasteiger partial charge in [-0.25, -0.2) is 8.42 Å². The molecule has 0 bridgehead atoms. The Morgan fingerprint density at radius 2 is 1.87 bits per heavy atom. The molecule has 0 saturated heterocycles. The third kappa shape index (κ3) is 2.16. The van der Waals surface area contributed by atoms with Crippen LogP contribution in [0.1, 0.15) is 0 Å². The lowest BCUT2D eigenvalue weighted by Gasteiger charge is -2.02. The average Bonchev–Trinajstić information content (AvgIpc) is 2.69. The summed E-state index contributed by atoms with van der Waals surface area (Å²) in [4.78, 5) is 0.0513. The highest BCUT2D eigenvalue weighted by Gasteiger charge is 2.10. The summed E-state index contributed by atoms with van der Waals surface area (Å²) in [6, 6.07) is 6.21. The van der Waals surface area contributed by atoms with Crippen molar-refractivity contribution >= 4 is 19.7 Å². The van der Waals surface area contributed by atoms with E-state index < -0.39 is 9.05 Å². The van der Waals surface area contributed by atoms with Crippen LogP contribution >= 0.6 is 10.7 Å². The molecule has 2 aromatic rings. The zero-order valence-corrected chi connectivity index (χ0v) is 8.98. The molecule has 1 aromatic carbocycles. The molecule has 0 aliphatic heterocycles. The zero-order valence-electron chi connectivity index (χ0n) is 7.41. The molecule has 5 nitrogen and oxygen atoms in total. The maximum atomic E-state index is 11.1. The van der Waals surface area contributed by atoms with Gasteiger partial charge in [-0.1, -0.05) is 6.07 Å². The second kappa shape index (κ2) is 3.63. The Bertz CT molecular complexity index is 565. The van der Waals surface area contributed by atoms with Crippen molar-refractivity contribution in [1.82, 2.24) is 14.8 Å². The Hall–Kier alpha value is -1.40. The van der Waals surface area contributed by atoms with E-state index in [1.54, 1.807) is 16.7 Å². The Kier molecular flexibility index (Phi) is 2.45. The molecule has 0 radical (unpaired) electrons. The van der Waals surface area contributed by atoms with Crippen molar-refractivity contribution in [2.24, 2.45) is 0 Å². The Labute approximate surface area is 90.7 Å². The van der Waals surface area contributed by atoms with Crippen molar-refractivity contribution in [2.45, 2.75) is 4.90 Å². The smallest absolute Gasteiger partial charge is 0.261 e. The molecule has 0 saturated carbocycles. The molecule has 0 N–H and O–H groups in total. The SMILES string of the molecule is O=S(=O)(Cl)c1cccc(-n2cnnc2)c1. The van der Waals surface area contributed by atoms with Crippen molar-refractivity contribution in [3.8, 4) is 5.69 Å². The van der Waals surface area contributed by atoms with Crippen molar-refractivity contribution in [3.63, 3.8) is 0 Å². The van der Waals surface area contributed by atoms with Crippen LogP contribution in [0, 0.1) is 0 Å². The number of nitrogens with zero attached hydrogens (tertiary/aromatic N) is 3. The molecule has 1 aromatic heterocycles. The van der Waals surface area contributed by atoms with Gasteiger partial charge in [0.1, 0.15) is 12.7 Å². The summed E-state index contributed by atoms with van der Waals surface area (Å²) >= 11 is 0. The third-order valence-corrected chi connectivity index (χ3v) is 3.17. The number of halogens is 1. The molecular formula is C8H6ClN3O2S. The normalized spacial score (nSPS) is 11.5. The number of hydrogen-bond donors (Lipinski definition) is 0. The van der Waals surface area contributed by atoms with Gasteiger partial charge in [0.05, 0.1) is 4.90 Å². The minimum atomic E-state index is -3.70. The quantitative estimate of drug-likeness (QED) is 0.744. The van der Waals surface area contributed by atoms with Crippen LogP contribution in [-0.2, 0) is 9.05 Å². The van der Waals surface area contributed by atoms with Gasteiger partial charge < -0.3 is 0 Å². The summed E-state index contributed by atoms with van der Waals surface area (Å²) < 4.78 is 23.7. The summed E-state index contributed by atoms with van der Waals surface area (Å²) in [5, 5.41) is 7.24. The van der Waals surface area contributed by atoms with Gasteiger partial charge in [-0.2, -0.15) is 0 Å². The van der Waals surface area contributed by atoms with Gasteiger partial charge in [-0.15, -0.1) is 10.2 Å². The van der Waals surface area contributed by atoms with Crippen molar-refractivity contribution in [3.05, 3.63) is 36.9 Å². The predicted octanol–water partition coefficient (Wildman–Crippen LogP) is 1.19. The summed E-state index contributed by atoms with van der Waals surface area (Å²) in [7, 11) is 1.53. The van der Waals surface area contributed by atoms with Gasteiger partial charge in [0.2, 0.25) is 0 Å². The molecule has 0 unspecified atom stereocenters. The molecule has 0 fully saturated rings. The summed E-state index contributed by atoms with van der Waals surface area (Å²) in [5.74, 6) is 0. The predicted molar refractivity (Wildman–Crippen MR) is 54.4 cm³/mol. The Morgan fingerprint density at radius 3 is 2.47 bits per heavy atom. The molecule has 1 heterocycles. The first kappa shape index (κ1) is 10.1. The van der Waals surface area contributed by atoms with Gasteiger partial charge >= 0.3 is 0 Å². The Balaban J connectivity index is 2.53. The molecule has 0 aliphatic rings. The van der Waals surface area contributed by atoms with Crippen LogP contribution in [-0.4, -0.2) is 23.2 Å². The zero-order chi connectivity index (χ0) is 10.9. The topological polar surface area (TPSA) is 64.8 Å². The van der Waals surface area contributed by atoms with E-state index in [1.165, 1.54) is 24.8 Å². The fourth-order valence-corrected chi connectivity index (χ4v) is 1.92. The van der Waals surface area contributed by atoms with Crippen LogP contribution in [0.2, 0.25) is 0 Å². The monoisotopic (exact) mass is 243 g/mol. The fraction of sp³-hybridized carbons (Fsp3) is 0. The lowest BCUT2D eigenvalue weighted by atomic mass is 10.3. The Morgan fingerprint density at radius 1 is 1.20 bits per heavy atom. The van der Waals surface area contributed by atoms with Gasteiger partial charge in [-0.3, -0.25) is 4.57 Å². The van der Waals surface area contributed by atoms with Crippen LogP contribution in [0.4, 0.5) is 0 Å². The lowest BCUT2D eigenvalue weighted by molar-refractivity contribution is 0.609. The van der Waals surface area contributed by atoms with Gasteiger partial charge in [0.15, 0.2) is 0 Å². The molecule has 15 heavy (non-hydrogen) atoms. The van der Waals surface area contributed by atoms with E-state index in [0.29, 0.717) is 5.69 Å². The van der Waals surface area contributed by atoms with Crippen LogP contribution in [0.15, 0.2) is 41.8 Å². The first-order valence-electron chi connectivity index (χ1n) is 3.97. The van der Waals surface area contributed by atoms with Crippen molar-refractivity contribution in [2.75, 3.05) is 0 Å². The molecule has 0 amide bonds. The van der Waals surface area contributed by atoms with E-state index in [9.17, 15) is 8.42 Å². The molecule has 2 rings (SSSR count). The van der Waals surface area contributed by atoms with Gasteiger partial charge in [-0.05, 0) is 18.2 Å². The summed E-state index contributed by atoms with van der Waals surface area (Å²) in [6.45, 7) is 0. The minimum absolute atomic E-state index is 0.0513. The third-order valence-electron chi connectivity index (χ3n) is 1.82. The fourth-order valence-electron chi connectivity index (χ4n) is 1.13. The van der Waals surface area contributed by atoms with Crippen LogP contribution < -0.4 is 0 Å². The van der Waals surface area contributed by atoms with E-state index in [0.717, 1.165) is 0 Å². The van der Waals surface area contributed by atoms with Gasteiger partial charge in [0, 0.05) is 16.4 Å². The largest absolute Gasteiger partial charge is 0.288 e. The number of aromatic nitrogens is 3. The molecular weight excluding hydrogens is 238 g/mol. The van der Waals surface area contributed by atoms with Crippen molar-refractivity contribution < 1.29 is 8.42 Å². The van der Waals surface area contributed by atoms with Crippen molar-refractivity contribution in [1.29, 1.82) is 0 Å². The lowest BCUT2D eigenvalue weighted by Crippen LogP contribution is -1.94. The standard InChI is InChI=1S/C8H6ClN3O2S/c9-15(13,14)8-3-1-2-7(4-8)12-5-10-11-6-12/h1-6H. The van der Waals surface area contributed by atoms with E-state index in [-0.39, 0.29) is 4.90 Å². The second-order valence-electron chi connectivity index (χ2n) is 2.80.